The van der Waals surface area contributed by atoms with E-state index >= 15 is 0 Å². The maximum atomic E-state index is 6.54. The summed E-state index contributed by atoms with van der Waals surface area (Å²) in [6.45, 7) is 3.25. The van der Waals surface area contributed by atoms with Crippen molar-refractivity contribution >= 4 is 45.5 Å². The van der Waals surface area contributed by atoms with Gasteiger partial charge in [-0.3, -0.25) is 0 Å². The number of rotatable bonds is 9. The molecular weight excluding hydrogens is 494 g/mol. The van der Waals surface area contributed by atoms with Crippen molar-refractivity contribution < 1.29 is 14.2 Å². The number of aromatic nitrogens is 1. The summed E-state index contributed by atoms with van der Waals surface area (Å²) in [7, 11) is 4.94. The third-order valence-corrected chi connectivity index (χ3v) is 7.03. The van der Waals surface area contributed by atoms with E-state index in [-0.39, 0.29) is 0 Å². The molecule has 4 rings (SSSR count). The normalized spacial score (nSPS) is 10.8. The number of anilines is 1. The summed E-state index contributed by atoms with van der Waals surface area (Å²) < 4.78 is 16.3. The van der Waals surface area contributed by atoms with Gasteiger partial charge in [0, 0.05) is 30.2 Å². The Bertz CT molecular complexity index is 1370. The van der Waals surface area contributed by atoms with Gasteiger partial charge in [0.2, 0.25) is 0 Å². The maximum absolute atomic E-state index is 6.54. The summed E-state index contributed by atoms with van der Waals surface area (Å²) in [6.07, 6.45) is 2.83. The summed E-state index contributed by atoms with van der Waals surface area (Å²) in [6, 6.07) is 17.8. The molecule has 8 heteroatoms. The minimum atomic E-state index is 0.585. The van der Waals surface area contributed by atoms with Gasteiger partial charge in [0.05, 0.1) is 32.0 Å². The monoisotopic (exact) mass is 523 g/mol. The van der Waals surface area contributed by atoms with E-state index in [0.717, 1.165) is 39.9 Å². The number of nitrogens with one attached hydrogen (secondary N) is 2. The Hall–Kier alpha value is -3.42. The molecule has 0 fully saturated rings. The number of aryl methyl sites for hydroxylation is 1. The van der Waals surface area contributed by atoms with Crippen LogP contribution in [-0.2, 0) is 13.0 Å². The van der Waals surface area contributed by atoms with Crippen molar-refractivity contribution in [2.24, 2.45) is 0 Å². The van der Waals surface area contributed by atoms with Gasteiger partial charge in [0.1, 0.15) is 5.75 Å². The number of halogens is 1. The van der Waals surface area contributed by atoms with Crippen LogP contribution in [0.3, 0.4) is 0 Å². The summed E-state index contributed by atoms with van der Waals surface area (Å²) in [5, 5.41) is 5.74. The molecule has 0 unspecified atom stereocenters. The number of benzene rings is 3. The minimum Gasteiger partial charge on any atom is -0.497 e. The Kier molecular flexibility index (Phi) is 8.23. The van der Waals surface area contributed by atoms with Gasteiger partial charge in [-0.05, 0) is 78.7 Å². The fourth-order valence-electron chi connectivity index (χ4n) is 4.14. The first-order valence-electron chi connectivity index (χ1n) is 11.6. The van der Waals surface area contributed by atoms with Crippen LogP contribution in [0.1, 0.15) is 16.7 Å². The number of ether oxygens (including phenoxy) is 3. The highest BCUT2D eigenvalue weighted by Gasteiger charge is 2.16. The zero-order chi connectivity index (χ0) is 25.7. The Morgan fingerprint density at radius 3 is 2.56 bits per heavy atom. The van der Waals surface area contributed by atoms with Gasteiger partial charge in [-0.25, -0.2) is 0 Å². The van der Waals surface area contributed by atoms with E-state index in [9.17, 15) is 0 Å². The molecule has 2 N–H and O–H groups in total. The Labute approximate surface area is 222 Å². The topological polar surface area (TPSA) is 58.8 Å². The molecule has 0 saturated heterocycles. The molecule has 0 radical (unpaired) electrons. The zero-order valence-corrected chi connectivity index (χ0v) is 22.4. The number of hydrogen-bond donors (Lipinski definition) is 2. The molecule has 0 amide bonds. The molecule has 4 aromatic rings. The van der Waals surface area contributed by atoms with Crippen LogP contribution in [-0.4, -0.2) is 42.9 Å². The second kappa shape index (κ2) is 11.5. The van der Waals surface area contributed by atoms with Crippen LogP contribution in [0.25, 0.3) is 10.9 Å². The average Bonchev–Trinajstić information content (AvgIpc) is 3.30. The van der Waals surface area contributed by atoms with Crippen LogP contribution in [0.5, 0.6) is 17.2 Å². The van der Waals surface area contributed by atoms with Crippen molar-refractivity contribution in [3.63, 3.8) is 0 Å². The van der Waals surface area contributed by atoms with Gasteiger partial charge in [-0.2, -0.15) is 0 Å². The summed E-state index contributed by atoms with van der Waals surface area (Å²) >= 11 is 12.4. The molecule has 0 bridgehead atoms. The molecule has 0 atom stereocenters. The number of aromatic amines is 1. The van der Waals surface area contributed by atoms with Crippen molar-refractivity contribution in [2.75, 3.05) is 33.2 Å². The predicted molar refractivity (Wildman–Crippen MR) is 151 cm³/mol. The lowest BCUT2D eigenvalue weighted by molar-refractivity contribution is 0.353. The van der Waals surface area contributed by atoms with Gasteiger partial charge in [0.25, 0.3) is 0 Å². The van der Waals surface area contributed by atoms with Crippen molar-refractivity contribution in [2.45, 2.75) is 19.9 Å². The fourth-order valence-corrected chi connectivity index (χ4v) is 4.58. The number of methoxy groups -OCH3 is 3. The standard InChI is InChI=1S/C28H30ClN3O3S/c1-18-6-5-7-24(27(18)29)31-28(36)32(17-19-8-11-25(34-3)26(14-19)35-4)13-12-20-16-30-23-10-9-21(33-2)15-22(20)23/h5-11,14-16,30H,12-13,17H2,1-4H3,(H,31,36). The van der Waals surface area contributed by atoms with Gasteiger partial charge in [-0.1, -0.05) is 29.8 Å². The Balaban J connectivity index is 1.60. The Morgan fingerprint density at radius 1 is 1.00 bits per heavy atom. The van der Waals surface area contributed by atoms with Crippen LogP contribution >= 0.6 is 23.8 Å². The lowest BCUT2D eigenvalue weighted by Crippen LogP contribution is -2.36. The van der Waals surface area contributed by atoms with E-state index < -0.39 is 0 Å². The summed E-state index contributed by atoms with van der Waals surface area (Å²) in [5.74, 6) is 2.20. The van der Waals surface area contributed by atoms with E-state index in [0.29, 0.717) is 34.7 Å². The van der Waals surface area contributed by atoms with E-state index in [4.69, 9.17) is 38.0 Å². The minimum absolute atomic E-state index is 0.585. The molecule has 0 saturated carbocycles. The lowest BCUT2D eigenvalue weighted by atomic mass is 10.1. The molecule has 1 heterocycles. The Morgan fingerprint density at radius 2 is 1.81 bits per heavy atom. The van der Waals surface area contributed by atoms with Crippen LogP contribution in [0.4, 0.5) is 5.69 Å². The molecule has 0 aliphatic carbocycles. The largest absolute Gasteiger partial charge is 0.497 e. The lowest BCUT2D eigenvalue weighted by Gasteiger charge is -2.27. The molecule has 1 aromatic heterocycles. The third kappa shape index (κ3) is 5.69. The number of nitrogens with zero attached hydrogens (tertiary/aromatic N) is 1. The predicted octanol–water partition coefficient (Wildman–Crippen LogP) is 6.60. The SMILES string of the molecule is COc1ccc2[nH]cc(CCN(Cc3ccc(OC)c(OC)c3)C(=S)Nc3cccc(C)c3Cl)c2c1. The third-order valence-electron chi connectivity index (χ3n) is 6.17. The maximum Gasteiger partial charge on any atom is 0.173 e. The first-order valence-corrected chi connectivity index (χ1v) is 12.4. The van der Waals surface area contributed by atoms with Crippen LogP contribution in [0.15, 0.2) is 60.8 Å². The number of thiocarbonyl (C=S) groups is 1. The van der Waals surface area contributed by atoms with Crippen LogP contribution in [0.2, 0.25) is 5.02 Å². The second-order valence-electron chi connectivity index (χ2n) is 8.45. The van der Waals surface area contributed by atoms with Crippen molar-refractivity contribution in [1.82, 2.24) is 9.88 Å². The molecular formula is C28H30ClN3O3S. The van der Waals surface area contributed by atoms with Gasteiger partial charge < -0.3 is 29.4 Å². The summed E-state index contributed by atoms with van der Waals surface area (Å²) in [4.78, 5) is 5.49. The number of fused-ring (bicyclic) bond motifs is 1. The molecule has 36 heavy (non-hydrogen) atoms. The van der Waals surface area contributed by atoms with Crippen molar-refractivity contribution in [1.29, 1.82) is 0 Å². The van der Waals surface area contributed by atoms with Gasteiger partial charge in [-0.15, -0.1) is 0 Å². The molecule has 0 spiro atoms. The zero-order valence-electron chi connectivity index (χ0n) is 20.9. The molecule has 188 valence electrons. The summed E-state index contributed by atoms with van der Waals surface area (Å²) in [5.41, 5.74) is 5.09. The second-order valence-corrected chi connectivity index (χ2v) is 9.22. The highest BCUT2D eigenvalue weighted by atomic mass is 35.5. The van der Waals surface area contributed by atoms with Crippen LogP contribution < -0.4 is 19.5 Å². The van der Waals surface area contributed by atoms with E-state index in [1.54, 1.807) is 21.3 Å². The smallest absolute Gasteiger partial charge is 0.173 e. The molecule has 0 aliphatic heterocycles. The average molecular weight is 524 g/mol. The highest BCUT2D eigenvalue weighted by Crippen LogP contribution is 2.30. The molecule has 6 nitrogen and oxygen atoms in total. The van der Waals surface area contributed by atoms with E-state index in [1.807, 2.05) is 61.7 Å². The van der Waals surface area contributed by atoms with E-state index in [2.05, 4.69) is 21.3 Å². The first-order chi connectivity index (χ1) is 17.4. The molecule has 3 aromatic carbocycles. The van der Waals surface area contributed by atoms with Crippen LogP contribution in [0, 0.1) is 6.92 Å². The van der Waals surface area contributed by atoms with Gasteiger partial charge in [0.15, 0.2) is 16.6 Å². The first kappa shape index (κ1) is 25.7. The number of H-pyrrole nitrogens is 1. The van der Waals surface area contributed by atoms with Gasteiger partial charge >= 0.3 is 0 Å². The highest BCUT2D eigenvalue weighted by molar-refractivity contribution is 7.80. The quantitative estimate of drug-likeness (QED) is 0.241. The van der Waals surface area contributed by atoms with Crippen molar-refractivity contribution in [3.8, 4) is 17.2 Å². The number of hydrogen-bond acceptors (Lipinski definition) is 4. The van der Waals surface area contributed by atoms with E-state index in [1.165, 1.54) is 5.56 Å². The molecule has 0 aliphatic rings. The van der Waals surface area contributed by atoms with Crippen molar-refractivity contribution in [3.05, 3.63) is 82.5 Å². The fraction of sp³-hybridized carbons (Fsp3) is 0.250.